The van der Waals surface area contributed by atoms with Gasteiger partial charge in [0.15, 0.2) is 11.5 Å². The van der Waals surface area contributed by atoms with Crippen LogP contribution in [0.5, 0.6) is 23.0 Å². The molecule has 6 heteroatoms. The molecule has 4 rings (SSSR count). The summed E-state index contributed by atoms with van der Waals surface area (Å²) < 4.78 is 5.34. The van der Waals surface area contributed by atoms with Gasteiger partial charge < -0.3 is 20.1 Å². The summed E-state index contributed by atoms with van der Waals surface area (Å²) in [6.45, 7) is 0. The molecule has 0 aliphatic carbocycles. The van der Waals surface area contributed by atoms with E-state index >= 15 is 0 Å². The third-order valence-corrected chi connectivity index (χ3v) is 5.27. The molecule has 0 bridgehead atoms. The minimum Gasteiger partial charge on any atom is -0.508 e. The summed E-state index contributed by atoms with van der Waals surface area (Å²) >= 11 is 0. The Balaban J connectivity index is 1.74. The number of hydrogen-bond acceptors (Lipinski definition) is 6. The molecule has 0 radical (unpaired) electrons. The summed E-state index contributed by atoms with van der Waals surface area (Å²) in [6, 6.07) is 16.8. The molecule has 0 fully saturated rings. The molecule has 1 aliphatic heterocycles. The standard InChI is InChI=1S/C24H20O6/c25-16-9-7-15(8-10-16)17-12-21(29)30-24-22(17)19(27)13-20(28)23(24)18(26)11-6-14-4-2-1-3-5-14/h1-5,7-10,13,17,25,27-28H,6,11-12H2/t17-/m0/s1. The van der Waals surface area contributed by atoms with Crippen molar-refractivity contribution in [3.05, 3.63) is 82.9 Å². The zero-order valence-corrected chi connectivity index (χ0v) is 16.0. The lowest BCUT2D eigenvalue weighted by atomic mass is 9.83. The van der Waals surface area contributed by atoms with Crippen LogP contribution in [0.1, 0.15) is 45.8 Å². The normalized spacial score (nSPS) is 15.3. The maximum atomic E-state index is 13.0. The molecular weight excluding hydrogens is 384 g/mol. The van der Waals surface area contributed by atoms with E-state index in [0.29, 0.717) is 12.0 Å². The maximum Gasteiger partial charge on any atom is 0.312 e. The monoisotopic (exact) mass is 404 g/mol. The van der Waals surface area contributed by atoms with Crippen LogP contribution in [0.2, 0.25) is 0 Å². The van der Waals surface area contributed by atoms with Gasteiger partial charge in [0.25, 0.3) is 0 Å². The fourth-order valence-corrected chi connectivity index (χ4v) is 3.80. The molecule has 0 saturated heterocycles. The Bertz CT molecular complexity index is 1100. The van der Waals surface area contributed by atoms with Crippen molar-refractivity contribution < 1.29 is 29.6 Å². The van der Waals surface area contributed by atoms with E-state index < -0.39 is 17.6 Å². The highest BCUT2D eigenvalue weighted by Crippen LogP contribution is 2.48. The minimum absolute atomic E-state index is 0.0340. The number of ketones is 1. The molecule has 0 amide bonds. The second kappa shape index (κ2) is 7.91. The highest BCUT2D eigenvalue weighted by molar-refractivity contribution is 6.03. The van der Waals surface area contributed by atoms with Gasteiger partial charge in [-0.05, 0) is 29.7 Å². The van der Waals surface area contributed by atoms with Crippen molar-refractivity contribution in [3.8, 4) is 23.0 Å². The highest BCUT2D eigenvalue weighted by atomic mass is 16.5. The van der Waals surface area contributed by atoms with Crippen LogP contribution in [-0.4, -0.2) is 27.1 Å². The Morgan fingerprint density at radius 1 is 0.967 bits per heavy atom. The van der Waals surface area contributed by atoms with Gasteiger partial charge in [-0.1, -0.05) is 42.5 Å². The van der Waals surface area contributed by atoms with Gasteiger partial charge in [0.05, 0.1) is 6.42 Å². The number of rotatable bonds is 5. The first-order chi connectivity index (χ1) is 14.4. The first kappa shape index (κ1) is 19.5. The number of hydrogen-bond donors (Lipinski definition) is 3. The Morgan fingerprint density at radius 3 is 2.37 bits per heavy atom. The predicted octanol–water partition coefficient (Wildman–Crippen LogP) is 4.06. The van der Waals surface area contributed by atoms with Crippen LogP contribution in [0.4, 0.5) is 0 Å². The number of ether oxygens (including phenoxy) is 1. The van der Waals surface area contributed by atoms with E-state index in [4.69, 9.17) is 4.74 Å². The van der Waals surface area contributed by atoms with Crippen molar-refractivity contribution in [1.82, 2.24) is 0 Å². The lowest BCUT2D eigenvalue weighted by Crippen LogP contribution is -2.23. The Morgan fingerprint density at radius 2 is 1.67 bits per heavy atom. The molecule has 3 N–H and O–H groups in total. The molecule has 3 aromatic carbocycles. The highest BCUT2D eigenvalue weighted by Gasteiger charge is 2.36. The molecule has 152 valence electrons. The van der Waals surface area contributed by atoms with Crippen LogP contribution in [0.15, 0.2) is 60.7 Å². The average Bonchev–Trinajstić information content (AvgIpc) is 2.72. The molecule has 0 spiro atoms. The van der Waals surface area contributed by atoms with Crippen molar-refractivity contribution in [1.29, 1.82) is 0 Å². The van der Waals surface area contributed by atoms with Gasteiger partial charge in [-0.2, -0.15) is 0 Å². The maximum absolute atomic E-state index is 13.0. The number of carbonyl (C=O) groups excluding carboxylic acids is 2. The van der Waals surface area contributed by atoms with E-state index in [1.807, 2.05) is 30.3 Å². The van der Waals surface area contributed by atoms with Crippen molar-refractivity contribution in [2.75, 3.05) is 0 Å². The second-order valence-electron chi connectivity index (χ2n) is 7.26. The van der Waals surface area contributed by atoms with Crippen LogP contribution in [0, 0.1) is 0 Å². The third kappa shape index (κ3) is 3.72. The van der Waals surface area contributed by atoms with E-state index in [1.54, 1.807) is 12.1 Å². The molecule has 1 aliphatic rings. The second-order valence-corrected chi connectivity index (χ2v) is 7.26. The first-order valence-corrected chi connectivity index (χ1v) is 9.59. The molecule has 0 unspecified atom stereocenters. The van der Waals surface area contributed by atoms with Gasteiger partial charge in [0, 0.05) is 24.0 Å². The number of phenols is 3. The van der Waals surface area contributed by atoms with Gasteiger partial charge in [-0.25, -0.2) is 0 Å². The number of fused-ring (bicyclic) bond motifs is 1. The van der Waals surface area contributed by atoms with Crippen LogP contribution in [0.3, 0.4) is 0 Å². The van der Waals surface area contributed by atoms with Gasteiger partial charge in [0.2, 0.25) is 0 Å². The molecule has 1 heterocycles. The summed E-state index contributed by atoms with van der Waals surface area (Å²) in [6.07, 6.45) is 0.536. The van der Waals surface area contributed by atoms with E-state index in [1.165, 1.54) is 12.1 Å². The number of carbonyl (C=O) groups is 2. The summed E-state index contributed by atoms with van der Waals surface area (Å²) in [5.74, 6) is -2.22. The zero-order valence-electron chi connectivity index (χ0n) is 16.0. The van der Waals surface area contributed by atoms with Gasteiger partial charge >= 0.3 is 5.97 Å². The number of aromatic hydroxyl groups is 3. The van der Waals surface area contributed by atoms with Gasteiger partial charge in [0.1, 0.15) is 22.8 Å². The van der Waals surface area contributed by atoms with E-state index in [9.17, 15) is 24.9 Å². The SMILES string of the molecule is O=C1C[C@@H](c2ccc(O)cc2)c2c(O)cc(O)c(C(=O)CCc3ccccc3)c2O1. The largest absolute Gasteiger partial charge is 0.508 e. The summed E-state index contributed by atoms with van der Waals surface area (Å²) in [7, 11) is 0. The summed E-state index contributed by atoms with van der Waals surface area (Å²) in [5.41, 5.74) is 1.82. The Kier molecular flexibility index (Phi) is 5.14. The number of phenolic OH excluding ortho intramolecular Hbond substituents is 3. The number of benzene rings is 3. The lowest BCUT2D eigenvalue weighted by Gasteiger charge is -2.27. The molecule has 0 aromatic heterocycles. The molecule has 1 atom stereocenters. The third-order valence-electron chi connectivity index (χ3n) is 5.27. The number of aryl methyl sites for hydroxylation is 1. The molecule has 3 aromatic rings. The van der Waals surface area contributed by atoms with E-state index in [0.717, 1.165) is 11.6 Å². The average molecular weight is 404 g/mol. The van der Waals surface area contributed by atoms with Crippen LogP contribution in [0.25, 0.3) is 0 Å². The predicted molar refractivity (Wildman–Crippen MR) is 109 cm³/mol. The fraction of sp³-hybridized carbons (Fsp3) is 0.167. The van der Waals surface area contributed by atoms with Crippen molar-refractivity contribution in [3.63, 3.8) is 0 Å². The van der Waals surface area contributed by atoms with Crippen LogP contribution >= 0.6 is 0 Å². The van der Waals surface area contributed by atoms with Crippen molar-refractivity contribution in [2.45, 2.75) is 25.2 Å². The number of Topliss-reactive ketones (excluding diaryl/α,β-unsaturated/α-hetero) is 1. The lowest BCUT2D eigenvalue weighted by molar-refractivity contribution is -0.135. The first-order valence-electron chi connectivity index (χ1n) is 9.59. The fourth-order valence-electron chi connectivity index (χ4n) is 3.80. The van der Waals surface area contributed by atoms with Gasteiger partial charge in [-0.15, -0.1) is 0 Å². The Labute approximate surface area is 173 Å². The molecule has 30 heavy (non-hydrogen) atoms. The summed E-state index contributed by atoms with van der Waals surface area (Å²) in [5, 5.41) is 30.4. The van der Waals surface area contributed by atoms with Crippen molar-refractivity contribution in [2.24, 2.45) is 0 Å². The molecule has 6 nitrogen and oxygen atoms in total. The molecular formula is C24H20O6. The quantitative estimate of drug-likeness (QED) is 0.337. The van der Waals surface area contributed by atoms with Crippen LogP contribution in [-0.2, 0) is 11.2 Å². The smallest absolute Gasteiger partial charge is 0.312 e. The molecule has 0 saturated carbocycles. The Hall–Kier alpha value is -3.80. The van der Waals surface area contributed by atoms with Crippen LogP contribution < -0.4 is 4.74 Å². The van der Waals surface area contributed by atoms with Crippen molar-refractivity contribution >= 4 is 11.8 Å². The summed E-state index contributed by atoms with van der Waals surface area (Å²) in [4.78, 5) is 25.3. The van der Waals surface area contributed by atoms with E-state index in [2.05, 4.69) is 0 Å². The minimum atomic E-state index is -0.567. The van der Waals surface area contributed by atoms with E-state index in [-0.39, 0.29) is 47.0 Å². The number of esters is 1. The van der Waals surface area contributed by atoms with Gasteiger partial charge in [-0.3, -0.25) is 9.59 Å². The topological polar surface area (TPSA) is 104 Å². The zero-order chi connectivity index (χ0) is 21.3.